The van der Waals surface area contributed by atoms with Crippen molar-refractivity contribution in [2.75, 3.05) is 18.0 Å². The fourth-order valence-corrected chi connectivity index (χ4v) is 2.32. The van der Waals surface area contributed by atoms with E-state index in [1.165, 1.54) is 0 Å². The lowest BCUT2D eigenvalue weighted by molar-refractivity contribution is 0.632. The predicted molar refractivity (Wildman–Crippen MR) is 79.7 cm³/mol. The van der Waals surface area contributed by atoms with Crippen LogP contribution in [0.5, 0.6) is 0 Å². The molecule has 0 aliphatic carbocycles. The highest BCUT2D eigenvalue weighted by atomic mass is 15.3. The van der Waals surface area contributed by atoms with Crippen LogP contribution in [0.4, 0.5) is 5.82 Å². The van der Waals surface area contributed by atoms with E-state index in [0.717, 1.165) is 43.3 Å². The number of aliphatic imine (C=N–C) groups is 1. The van der Waals surface area contributed by atoms with Crippen molar-refractivity contribution < 1.29 is 0 Å². The molecular formula is C15H24N4. The zero-order chi connectivity index (χ0) is 13.8. The smallest absolute Gasteiger partial charge is 0.152 e. The van der Waals surface area contributed by atoms with Gasteiger partial charge in [0.2, 0.25) is 0 Å². The first-order valence-corrected chi connectivity index (χ1v) is 7.18. The van der Waals surface area contributed by atoms with Crippen LogP contribution in [0.3, 0.4) is 0 Å². The van der Waals surface area contributed by atoms with Crippen LogP contribution in [0, 0.1) is 11.8 Å². The van der Waals surface area contributed by atoms with E-state index in [9.17, 15) is 0 Å². The lowest BCUT2D eigenvalue weighted by Crippen LogP contribution is -2.29. The summed E-state index contributed by atoms with van der Waals surface area (Å²) in [5.41, 5.74) is 1.07. The molecule has 1 aromatic heterocycles. The minimum absolute atomic E-state index is 0.604. The molecule has 1 aliphatic rings. The molecule has 2 rings (SSSR count). The van der Waals surface area contributed by atoms with Gasteiger partial charge in [0.05, 0.1) is 18.4 Å². The van der Waals surface area contributed by atoms with Crippen molar-refractivity contribution in [1.29, 1.82) is 0 Å². The Morgan fingerprint density at radius 3 is 2.53 bits per heavy atom. The Kier molecular flexibility index (Phi) is 4.51. The Balaban J connectivity index is 2.15. The molecule has 0 saturated carbocycles. The van der Waals surface area contributed by atoms with E-state index in [-0.39, 0.29) is 0 Å². The van der Waals surface area contributed by atoms with Crippen LogP contribution in [0.25, 0.3) is 0 Å². The molecule has 0 fully saturated rings. The van der Waals surface area contributed by atoms with E-state index in [0.29, 0.717) is 11.8 Å². The standard InChI is InChI=1S/C15H24N4/c1-11(2)7-13-9-16-10-15(18-13)19-6-5-17-14(19)8-12(3)4/h9-12H,5-8H2,1-4H3. The Hall–Kier alpha value is -1.45. The van der Waals surface area contributed by atoms with Crippen molar-refractivity contribution in [3.63, 3.8) is 0 Å². The first-order valence-electron chi connectivity index (χ1n) is 7.18. The van der Waals surface area contributed by atoms with E-state index in [1.807, 2.05) is 12.4 Å². The van der Waals surface area contributed by atoms with Gasteiger partial charge >= 0.3 is 0 Å². The predicted octanol–water partition coefficient (Wildman–Crippen LogP) is 2.94. The third-order valence-corrected chi connectivity index (χ3v) is 3.09. The van der Waals surface area contributed by atoms with Crippen LogP contribution in [0.2, 0.25) is 0 Å². The summed E-state index contributed by atoms with van der Waals surface area (Å²) in [4.78, 5) is 15.9. The average molecular weight is 260 g/mol. The molecule has 0 spiro atoms. The second-order valence-corrected chi connectivity index (χ2v) is 6.01. The SMILES string of the molecule is CC(C)CC1=NCCN1c1cncc(CC(C)C)n1. The normalized spacial score (nSPS) is 15.5. The Morgan fingerprint density at radius 2 is 1.84 bits per heavy atom. The molecule has 1 aromatic rings. The Bertz CT molecular complexity index is 451. The van der Waals surface area contributed by atoms with Gasteiger partial charge in [-0.2, -0.15) is 0 Å². The summed E-state index contributed by atoms with van der Waals surface area (Å²) in [6, 6.07) is 0. The van der Waals surface area contributed by atoms with Crippen molar-refractivity contribution in [3.05, 3.63) is 18.1 Å². The number of hydrogen-bond donors (Lipinski definition) is 0. The van der Waals surface area contributed by atoms with Gasteiger partial charge in [-0.15, -0.1) is 0 Å². The summed E-state index contributed by atoms with van der Waals surface area (Å²) >= 11 is 0. The van der Waals surface area contributed by atoms with E-state index in [4.69, 9.17) is 4.98 Å². The van der Waals surface area contributed by atoms with Crippen LogP contribution < -0.4 is 4.90 Å². The molecule has 0 saturated heterocycles. The second kappa shape index (κ2) is 6.13. The van der Waals surface area contributed by atoms with Gasteiger partial charge in [-0.3, -0.25) is 9.98 Å². The van der Waals surface area contributed by atoms with Crippen LogP contribution in [0.1, 0.15) is 39.8 Å². The van der Waals surface area contributed by atoms with Gasteiger partial charge in [0.25, 0.3) is 0 Å². The highest BCUT2D eigenvalue weighted by molar-refractivity contribution is 5.98. The van der Waals surface area contributed by atoms with Crippen LogP contribution >= 0.6 is 0 Å². The number of nitrogens with zero attached hydrogens (tertiary/aromatic N) is 4. The summed E-state index contributed by atoms with van der Waals surface area (Å²) in [5, 5.41) is 0. The summed E-state index contributed by atoms with van der Waals surface area (Å²) in [7, 11) is 0. The lowest BCUT2D eigenvalue weighted by Gasteiger charge is -2.20. The van der Waals surface area contributed by atoms with Crippen LogP contribution in [-0.4, -0.2) is 28.9 Å². The van der Waals surface area contributed by atoms with Crippen molar-refractivity contribution in [1.82, 2.24) is 9.97 Å². The number of amidine groups is 1. The van der Waals surface area contributed by atoms with Gasteiger partial charge in [0.1, 0.15) is 5.84 Å². The molecule has 0 bridgehead atoms. The van der Waals surface area contributed by atoms with Crippen LogP contribution in [-0.2, 0) is 6.42 Å². The molecule has 0 N–H and O–H groups in total. The molecule has 104 valence electrons. The zero-order valence-corrected chi connectivity index (χ0v) is 12.4. The molecule has 0 amide bonds. The molecule has 2 heterocycles. The van der Waals surface area contributed by atoms with Gasteiger partial charge in [-0.25, -0.2) is 4.98 Å². The minimum Gasteiger partial charge on any atom is -0.312 e. The lowest BCUT2D eigenvalue weighted by atomic mass is 10.1. The second-order valence-electron chi connectivity index (χ2n) is 6.01. The molecule has 19 heavy (non-hydrogen) atoms. The summed E-state index contributed by atoms with van der Waals surface area (Å²) < 4.78 is 0. The summed E-state index contributed by atoms with van der Waals surface area (Å²) in [5.74, 6) is 3.33. The average Bonchev–Trinajstić information content (AvgIpc) is 2.75. The molecule has 1 aliphatic heterocycles. The van der Waals surface area contributed by atoms with E-state index >= 15 is 0 Å². The maximum atomic E-state index is 4.74. The van der Waals surface area contributed by atoms with E-state index < -0.39 is 0 Å². The Morgan fingerprint density at radius 1 is 1.11 bits per heavy atom. The van der Waals surface area contributed by atoms with Gasteiger partial charge in [-0.1, -0.05) is 27.7 Å². The summed E-state index contributed by atoms with van der Waals surface area (Å²) in [6.07, 6.45) is 5.71. The van der Waals surface area contributed by atoms with Gasteiger partial charge in [0, 0.05) is 19.2 Å². The third kappa shape index (κ3) is 3.75. The zero-order valence-electron chi connectivity index (χ0n) is 12.4. The number of hydrogen-bond acceptors (Lipinski definition) is 4. The third-order valence-electron chi connectivity index (χ3n) is 3.09. The fourth-order valence-electron chi connectivity index (χ4n) is 2.32. The fraction of sp³-hybridized carbons (Fsp3) is 0.667. The molecule has 0 aromatic carbocycles. The monoisotopic (exact) mass is 260 g/mol. The van der Waals surface area contributed by atoms with Gasteiger partial charge in [0.15, 0.2) is 5.82 Å². The van der Waals surface area contributed by atoms with Crippen molar-refractivity contribution >= 4 is 11.7 Å². The topological polar surface area (TPSA) is 41.4 Å². The first-order chi connectivity index (χ1) is 9.06. The van der Waals surface area contributed by atoms with Crippen molar-refractivity contribution in [2.45, 2.75) is 40.5 Å². The molecule has 4 nitrogen and oxygen atoms in total. The number of rotatable bonds is 5. The van der Waals surface area contributed by atoms with Gasteiger partial charge < -0.3 is 4.90 Å². The quantitative estimate of drug-likeness (QED) is 0.817. The largest absolute Gasteiger partial charge is 0.312 e. The van der Waals surface area contributed by atoms with E-state index in [2.05, 4.69) is 42.6 Å². The highest BCUT2D eigenvalue weighted by Crippen LogP contribution is 2.19. The molecular weight excluding hydrogens is 236 g/mol. The van der Waals surface area contributed by atoms with Gasteiger partial charge in [-0.05, 0) is 18.3 Å². The molecule has 0 atom stereocenters. The molecule has 0 unspecified atom stereocenters. The highest BCUT2D eigenvalue weighted by Gasteiger charge is 2.20. The molecule has 4 heteroatoms. The maximum absolute atomic E-state index is 4.74. The van der Waals surface area contributed by atoms with E-state index in [1.54, 1.807) is 0 Å². The maximum Gasteiger partial charge on any atom is 0.152 e. The first kappa shape index (κ1) is 14.0. The minimum atomic E-state index is 0.604. The Labute approximate surface area is 116 Å². The van der Waals surface area contributed by atoms with Crippen molar-refractivity contribution in [3.8, 4) is 0 Å². The van der Waals surface area contributed by atoms with Crippen LogP contribution in [0.15, 0.2) is 17.4 Å². The molecule has 0 radical (unpaired) electrons. The number of aromatic nitrogens is 2. The van der Waals surface area contributed by atoms with Crippen molar-refractivity contribution in [2.24, 2.45) is 16.8 Å². The number of anilines is 1. The summed E-state index contributed by atoms with van der Waals surface area (Å²) in [6.45, 7) is 10.7.